The molecule has 1 aromatic rings. The molecule has 1 fully saturated rings. The van der Waals surface area contributed by atoms with Crippen molar-refractivity contribution in [2.45, 2.75) is 6.42 Å². The molecule has 2 rings (SSSR count). The van der Waals surface area contributed by atoms with Gasteiger partial charge in [0.2, 0.25) is 0 Å². The quantitative estimate of drug-likeness (QED) is 0.857. The van der Waals surface area contributed by atoms with E-state index in [9.17, 15) is 19.1 Å². The Kier molecular flexibility index (Phi) is 4.74. The first-order chi connectivity index (χ1) is 9.97. The number of amides is 1. The summed E-state index contributed by atoms with van der Waals surface area (Å²) >= 11 is 0. The minimum absolute atomic E-state index is 0.0472. The van der Waals surface area contributed by atoms with Crippen molar-refractivity contribution < 1.29 is 24.2 Å². The molecule has 6 nitrogen and oxygen atoms in total. The van der Waals surface area contributed by atoms with E-state index in [1.165, 1.54) is 4.90 Å². The van der Waals surface area contributed by atoms with Gasteiger partial charge in [-0.05, 0) is 18.2 Å². The lowest BCUT2D eigenvalue weighted by atomic mass is 10.1. The van der Waals surface area contributed by atoms with E-state index in [1.54, 1.807) is 0 Å². The van der Waals surface area contributed by atoms with Gasteiger partial charge in [0.15, 0.2) is 0 Å². The van der Waals surface area contributed by atoms with E-state index in [0.29, 0.717) is 32.7 Å². The number of phenolic OH excluding ortho intramolecular Hbond substituents is 1. The van der Waals surface area contributed by atoms with Crippen LogP contribution in [0.2, 0.25) is 0 Å². The number of aromatic hydroxyl groups is 1. The summed E-state index contributed by atoms with van der Waals surface area (Å²) < 4.78 is 13.2. The summed E-state index contributed by atoms with van der Waals surface area (Å²) in [5.41, 5.74) is -0.0472. The summed E-state index contributed by atoms with van der Waals surface area (Å²) in [6, 6.07) is 3.27. The molecule has 0 saturated carbocycles. The highest BCUT2D eigenvalue weighted by molar-refractivity contribution is 5.96. The van der Waals surface area contributed by atoms with Crippen molar-refractivity contribution >= 4 is 11.9 Å². The molecular formula is C14H17FN2O4. The van der Waals surface area contributed by atoms with Crippen LogP contribution >= 0.6 is 0 Å². The number of carbonyl (C=O) groups excluding carboxylic acids is 1. The first-order valence-corrected chi connectivity index (χ1v) is 6.69. The highest BCUT2D eigenvalue weighted by atomic mass is 19.1. The topological polar surface area (TPSA) is 81.1 Å². The lowest BCUT2D eigenvalue weighted by Gasteiger charge is -2.34. The molecule has 0 radical (unpaired) electrons. The molecule has 7 heteroatoms. The molecule has 0 aliphatic carbocycles. The van der Waals surface area contributed by atoms with Gasteiger partial charge < -0.3 is 15.1 Å². The summed E-state index contributed by atoms with van der Waals surface area (Å²) in [5.74, 6) is -2.07. The Morgan fingerprint density at radius 3 is 2.48 bits per heavy atom. The van der Waals surface area contributed by atoms with E-state index in [2.05, 4.69) is 0 Å². The van der Waals surface area contributed by atoms with Gasteiger partial charge in [-0.3, -0.25) is 14.5 Å². The predicted molar refractivity (Wildman–Crippen MR) is 72.7 cm³/mol. The van der Waals surface area contributed by atoms with E-state index in [0.717, 1.165) is 18.2 Å². The molecule has 0 unspecified atom stereocenters. The maximum Gasteiger partial charge on any atom is 0.304 e. The number of nitrogens with zero attached hydrogens (tertiary/aromatic N) is 2. The van der Waals surface area contributed by atoms with Crippen molar-refractivity contribution in [3.63, 3.8) is 0 Å². The Morgan fingerprint density at radius 2 is 1.86 bits per heavy atom. The molecule has 1 aromatic carbocycles. The molecule has 1 heterocycles. The van der Waals surface area contributed by atoms with Crippen LogP contribution in [0.3, 0.4) is 0 Å². The van der Waals surface area contributed by atoms with Crippen molar-refractivity contribution in [1.82, 2.24) is 9.80 Å². The van der Waals surface area contributed by atoms with Gasteiger partial charge in [0, 0.05) is 32.7 Å². The number of carbonyl (C=O) groups is 2. The van der Waals surface area contributed by atoms with Crippen molar-refractivity contribution in [3.8, 4) is 5.75 Å². The molecular weight excluding hydrogens is 279 g/mol. The zero-order valence-electron chi connectivity index (χ0n) is 11.5. The summed E-state index contributed by atoms with van der Waals surface area (Å²) in [4.78, 5) is 26.2. The van der Waals surface area contributed by atoms with Gasteiger partial charge in [0.25, 0.3) is 5.91 Å². The molecule has 21 heavy (non-hydrogen) atoms. The SMILES string of the molecule is O=C(O)CCN1CCN(C(=O)c2cc(F)ccc2O)CC1. The molecule has 2 N–H and O–H groups in total. The van der Waals surface area contributed by atoms with Gasteiger partial charge in [-0.15, -0.1) is 0 Å². The standard InChI is InChI=1S/C14H17FN2O4/c15-10-1-2-12(18)11(9-10)14(21)17-7-5-16(6-8-17)4-3-13(19)20/h1-2,9,18H,3-8H2,(H,19,20). The number of aliphatic carboxylic acids is 1. The van der Waals surface area contributed by atoms with Gasteiger partial charge in [0.1, 0.15) is 11.6 Å². The summed E-state index contributed by atoms with van der Waals surface area (Å²) in [6.07, 6.45) is 0.0681. The number of benzene rings is 1. The average molecular weight is 296 g/mol. The predicted octanol–water partition coefficient (Wildman–Crippen LogP) is 0.764. The lowest BCUT2D eigenvalue weighted by Crippen LogP contribution is -2.49. The Balaban J connectivity index is 1.94. The normalized spacial score (nSPS) is 16.0. The van der Waals surface area contributed by atoms with E-state index in [1.807, 2.05) is 4.90 Å². The molecule has 0 spiro atoms. The van der Waals surface area contributed by atoms with Gasteiger partial charge in [-0.2, -0.15) is 0 Å². The number of rotatable bonds is 4. The van der Waals surface area contributed by atoms with Crippen LogP contribution in [-0.4, -0.2) is 64.6 Å². The molecule has 0 aromatic heterocycles. The zero-order chi connectivity index (χ0) is 15.4. The zero-order valence-corrected chi connectivity index (χ0v) is 11.5. The lowest BCUT2D eigenvalue weighted by molar-refractivity contribution is -0.137. The minimum Gasteiger partial charge on any atom is -0.507 e. The van der Waals surface area contributed by atoms with Gasteiger partial charge in [0.05, 0.1) is 12.0 Å². The molecule has 1 aliphatic heterocycles. The summed E-state index contributed by atoms with van der Waals surface area (Å²) in [6.45, 7) is 2.43. The van der Waals surface area contributed by atoms with Crippen molar-refractivity contribution in [3.05, 3.63) is 29.6 Å². The maximum absolute atomic E-state index is 13.2. The van der Waals surface area contributed by atoms with Crippen LogP contribution in [0, 0.1) is 5.82 Å². The first kappa shape index (κ1) is 15.2. The van der Waals surface area contributed by atoms with Gasteiger partial charge in [-0.25, -0.2) is 4.39 Å². The van der Waals surface area contributed by atoms with Crippen LogP contribution in [0.1, 0.15) is 16.8 Å². The smallest absolute Gasteiger partial charge is 0.304 e. The number of hydrogen-bond acceptors (Lipinski definition) is 4. The van der Waals surface area contributed by atoms with Crippen LogP contribution in [0.5, 0.6) is 5.75 Å². The number of phenols is 1. The third-order valence-corrected chi connectivity index (χ3v) is 3.49. The third kappa shape index (κ3) is 3.91. The molecule has 114 valence electrons. The molecule has 0 atom stereocenters. The second kappa shape index (κ2) is 6.53. The fraction of sp³-hybridized carbons (Fsp3) is 0.429. The molecule has 0 bridgehead atoms. The second-order valence-corrected chi connectivity index (χ2v) is 4.94. The second-order valence-electron chi connectivity index (χ2n) is 4.94. The fourth-order valence-electron chi connectivity index (χ4n) is 2.28. The van der Waals surface area contributed by atoms with Crippen molar-refractivity contribution in [2.75, 3.05) is 32.7 Å². The summed E-state index contributed by atoms with van der Waals surface area (Å²) in [5, 5.41) is 18.3. The Bertz CT molecular complexity index is 542. The van der Waals surface area contributed by atoms with E-state index >= 15 is 0 Å². The van der Waals surface area contributed by atoms with Crippen molar-refractivity contribution in [1.29, 1.82) is 0 Å². The Hall–Kier alpha value is -2.15. The Morgan fingerprint density at radius 1 is 1.19 bits per heavy atom. The Labute approximate surface area is 121 Å². The van der Waals surface area contributed by atoms with Crippen LogP contribution in [0.15, 0.2) is 18.2 Å². The molecule has 1 amide bonds. The van der Waals surface area contributed by atoms with Gasteiger partial charge >= 0.3 is 5.97 Å². The molecule has 1 saturated heterocycles. The highest BCUT2D eigenvalue weighted by Gasteiger charge is 2.24. The van der Waals surface area contributed by atoms with E-state index in [4.69, 9.17) is 5.11 Å². The van der Waals surface area contributed by atoms with Crippen LogP contribution < -0.4 is 0 Å². The van der Waals surface area contributed by atoms with Crippen molar-refractivity contribution in [2.24, 2.45) is 0 Å². The van der Waals surface area contributed by atoms with E-state index in [-0.39, 0.29) is 17.7 Å². The van der Waals surface area contributed by atoms with E-state index < -0.39 is 17.7 Å². The van der Waals surface area contributed by atoms with Crippen LogP contribution in [-0.2, 0) is 4.79 Å². The summed E-state index contributed by atoms with van der Waals surface area (Å²) in [7, 11) is 0. The van der Waals surface area contributed by atoms with Crippen LogP contribution in [0.4, 0.5) is 4.39 Å². The minimum atomic E-state index is -0.849. The number of carboxylic acid groups (broad SMARTS) is 1. The number of halogens is 1. The number of carboxylic acids is 1. The fourth-order valence-corrected chi connectivity index (χ4v) is 2.28. The largest absolute Gasteiger partial charge is 0.507 e. The number of hydrogen-bond donors (Lipinski definition) is 2. The van der Waals surface area contributed by atoms with Crippen LogP contribution in [0.25, 0.3) is 0 Å². The molecule has 1 aliphatic rings. The third-order valence-electron chi connectivity index (χ3n) is 3.49. The number of piperazine rings is 1. The maximum atomic E-state index is 13.2. The first-order valence-electron chi connectivity index (χ1n) is 6.69. The van der Waals surface area contributed by atoms with Gasteiger partial charge in [-0.1, -0.05) is 0 Å². The monoisotopic (exact) mass is 296 g/mol. The highest BCUT2D eigenvalue weighted by Crippen LogP contribution is 2.20. The average Bonchev–Trinajstić information content (AvgIpc) is 2.47.